The number of unbranched alkanes of at least 4 members (excludes halogenated alkanes) is 5. The van der Waals surface area contributed by atoms with Gasteiger partial charge < -0.3 is 24.1 Å². The zero-order chi connectivity index (χ0) is 34.3. The van der Waals surface area contributed by atoms with E-state index < -0.39 is 47.8 Å². The monoisotopic (exact) mass is 664 g/mol. The van der Waals surface area contributed by atoms with Crippen molar-refractivity contribution in [3.05, 3.63) is 83.4 Å². The van der Waals surface area contributed by atoms with Crippen LogP contribution in [0.3, 0.4) is 0 Å². The predicted molar refractivity (Wildman–Crippen MR) is 170 cm³/mol. The Kier molecular flexibility index (Phi) is 14.9. The van der Waals surface area contributed by atoms with E-state index in [9.17, 15) is 27.9 Å². The average molecular weight is 665 g/mol. The topological polar surface area (TPSA) is 91.3 Å². The third-order valence-corrected chi connectivity index (χ3v) is 8.01. The molecule has 0 fully saturated rings. The molecule has 0 heterocycles. The lowest BCUT2D eigenvalue weighted by Gasteiger charge is -2.33. The maximum atomic E-state index is 16.1. The van der Waals surface area contributed by atoms with Crippen LogP contribution in [0.2, 0.25) is 0 Å². The summed E-state index contributed by atoms with van der Waals surface area (Å²) in [7, 11) is 1.68. The molecule has 0 spiro atoms. The molecule has 3 unspecified atom stereocenters. The van der Waals surface area contributed by atoms with Crippen LogP contribution in [0.25, 0.3) is 5.57 Å². The maximum absolute atomic E-state index is 16.1. The summed E-state index contributed by atoms with van der Waals surface area (Å²) >= 11 is 0. The molecule has 0 radical (unpaired) electrons. The number of carboxylic acid groups (broad SMARTS) is 1. The second-order valence-electron chi connectivity index (χ2n) is 11.3. The van der Waals surface area contributed by atoms with Crippen LogP contribution in [0, 0.1) is 0 Å². The van der Waals surface area contributed by atoms with E-state index in [4.69, 9.17) is 18.9 Å². The maximum Gasteiger partial charge on any atom is 0.425 e. The summed E-state index contributed by atoms with van der Waals surface area (Å²) in [6.07, 6.45) is -1.09. The van der Waals surface area contributed by atoms with Crippen molar-refractivity contribution in [1.29, 1.82) is 0 Å². The smallest absolute Gasteiger partial charge is 0.425 e. The van der Waals surface area contributed by atoms with Gasteiger partial charge in [0.1, 0.15) is 17.3 Å². The summed E-state index contributed by atoms with van der Waals surface area (Å²) in [5.41, 5.74) is -2.12. The fourth-order valence-electron chi connectivity index (χ4n) is 5.39. The summed E-state index contributed by atoms with van der Waals surface area (Å²) in [5, 5.41) is 10.3. The van der Waals surface area contributed by atoms with Gasteiger partial charge in [0.2, 0.25) is 0 Å². The molecule has 3 rings (SSSR count). The number of carboxylic acids is 1. The van der Waals surface area contributed by atoms with Gasteiger partial charge in [0.05, 0.1) is 12.2 Å². The van der Waals surface area contributed by atoms with Crippen molar-refractivity contribution in [2.45, 2.75) is 82.2 Å². The molecular weight excluding hydrogens is 620 g/mol. The fourth-order valence-corrected chi connectivity index (χ4v) is 5.39. The van der Waals surface area contributed by atoms with Crippen molar-refractivity contribution >= 4 is 17.5 Å². The molecule has 2 aromatic carbocycles. The SMILES string of the molecule is CCOCCCCCC(OC(=O)c1ccccc1C1(C(=O)O)C=CC(c2ccc(OCCCCCCOC)cc2)=CC1F)C(F)(F)F. The molecule has 0 aliphatic heterocycles. The number of hydrogen-bond acceptors (Lipinski definition) is 6. The van der Waals surface area contributed by atoms with Crippen LogP contribution in [0.4, 0.5) is 17.6 Å². The van der Waals surface area contributed by atoms with Crippen molar-refractivity contribution in [3.63, 3.8) is 0 Å². The second-order valence-corrected chi connectivity index (χ2v) is 11.3. The molecule has 0 saturated carbocycles. The van der Waals surface area contributed by atoms with Crippen molar-refractivity contribution in [3.8, 4) is 5.75 Å². The number of carbonyl (C=O) groups excluding carboxylic acids is 1. The van der Waals surface area contributed by atoms with Gasteiger partial charge >= 0.3 is 18.1 Å². The van der Waals surface area contributed by atoms with Gasteiger partial charge in [-0.25, -0.2) is 9.18 Å². The fraction of sp³-hybridized carbons (Fsp3) is 0.500. The summed E-state index contributed by atoms with van der Waals surface area (Å²) in [4.78, 5) is 25.9. The number of methoxy groups -OCH3 is 1. The summed E-state index contributed by atoms with van der Waals surface area (Å²) in [6, 6.07) is 12.1. The largest absolute Gasteiger partial charge is 0.494 e. The van der Waals surface area contributed by atoms with Gasteiger partial charge in [-0.2, -0.15) is 13.2 Å². The summed E-state index contributed by atoms with van der Waals surface area (Å²) in [6.45, 7) is 4.02. The Hall–Kier alpha value is -3.70. The number of aliphatic carboxylic acids is 1. The normalized spacial score (nSPS) is 18.4. The van der Waals surface area contributed by atoms with E-state index in [0.717, 1.165) is 50.5 Å². The number of allylic oxidation sites excluding steroid dienone is 3. The molecule has 11 heteroatoms. The van der Waals surface area contributed by atoms with E-state index in [1.807, 2.05) is 6.92 Å². The number of hydrogen-bond donors (Lipinski definition) is 1. The van der Waals surface area contributed by atoms with Gasteiger partial charge in [-0.05, 0) is 86.4 Å². The molecule has 2 aromatic rings. The van der Waals surface area contributed by atoms with Crippen LogP contribution in [-0.2, 0) is 24.4 Å². The molecule has 1 aliphatic rings. The lowest BCUT2D eigenvalue weighted by atomic mass is 9.71. The summed E-state index contributed by atoms with van der Waals surface area (Å²) < 4.78 is 78.5. The van der Waals surface area contributed by atoms with Gasteiger partial charge in [-0.1, -0.05) is 55.3 Å². The molecular formula is C36H44F4O7. The number of alkyl halides is 4. The number of carbonyl (C=O) groups is 2. The standard InChI is InChI=1S/C36H44F4O7/c1-3-45-23-11-6-7-15-32(36(38,39)40)47-33(41)29-13-8-9-14-30(29)35(34(42)43)21-20-27(25-31(35)37)26-16-18-28(19-17-26)46-24-12-5-4-10-22-44-2/h8-9,13-14,16-21,25,31-32H,3-7,10-12,15,22-24H2,1-2H3,(H,42,43). The molecule has 0 aromatic heterocycles. The number of halogens is 4. The molecule has 3 atom stereocenters. The van der Waals surface area contributed by atoms with E-state index in [2.05, 4.69) is 0 Å². The molecule has 0 bridgehead atoms. The Balaban J connectivity index is 1.74. The molecule has 0 amide bonds. The van der Waals surface area contributed by atoms with Crippen LogP contribution in [0.5, 0.6) is 5.75 Å². The first-order valence-electron chi connectivity index (χ1n) is 16.0. The number of rotatable bonds is 20. The Morgan fingerprint density at radius 2 is 1.57 bits per heavy atom. The highest BCUT2D eigenvalue weighted by molar-refractivity contribution is 5.97. The molecule has 258 valence electrons. The number of esters is 1. The molecule has 47 heavy (non-hydrogen) atoms. The van der Waals surface area contributed by atoms with E-state index >= 15 is 4.39 Å². The van der Waals surface area contributed by atoms with Crippen LogP contribution in [-0.4, -0.2) is 69.0 Å². The van der Waals surface area contributed by atoms with E-state index in [0.29, 0.717) is 49.5 Å². The molecule has 7 nitrogen and oxygen atoms in total. The highest BCUT2D eigenvalue weighted by Gasteiger charge is 2.50. The van der Waals surface area contributed by atoms with Gasteiger partial charge in [-0.15, -0.1) is 0 Å². The second kappa shape index (κ2) is 18.6. The summed E-state index contributed by atoms with van der Waals surface area (Å²) in [5.74, 6) is -2.35. The lowest BCUT2D eigenvalue weighted by Crippen LogP contribution is -2.45. The van der Waals surface area contributed by atoms with Crippen LogP contribution >= 0.6 is 0 Å². The minimum atomic E-state index is -4.84. The quantitative estimate of drug-likeness (QED) is 0.0866. The van der Waals surface area contributed by atoms with Crippen molar-refractivity contribution in [2.75, 3.05) is 33.5 Å². The van der Waals surface area contributed by atoms with Gasteiger partial charge in [0, 0.05) is 26.9 Å². The van der Waals surface area contributed by atoms with Crippen LogP contribution in [0.1, 0.15) is 79.8 Å². The zero-order valence-corrected chi connectivity index (χ0v) is 26.9. The molecule has 1 N–H and O–H groups in total. The van der Waals surface area contributed by atoms with Crippen LogP contribution < -0.4 is 4.74 Å². The van der Waals surface area contributed by atoms with Crippen molar-refractivity contribution < 1.29 is 51.2 Å². The molecule has 0 saturated heterocycles. The first-order valence-corrected chi connectivity index (χ1v) is 16.0. The first-order chi connectivity index (χ1) is 22.5. The number of benzene rings is 2. The average Bonchev–Trinajstić information content (AvgIpc) is 3.05. The van der Waals surface area contributed by atoms with Crippen molar-refractivity contribution in [2.24, 2.45) is 0 Å². The zero-order valence-electron chi connectivity index (χ0n) is 26.9. The number of ether oxygens (including phenoxy) is 4. The van der Waals surface area contributed by atoms with E-state index in [1.165, 1.54) is 24.3 Å². The Morgan fingerprint density at radius 1 is 0.915 bits per heavy atom. The third-order valence-electron chi connectivity index (χ3n) is 8.01. The predicted octanol–water partition coefficient (Wildman–Crippen LogP) is 8.27. The Morgan fingerprint density at radius 3 is 2.21 bits per heavy atom. The van der Waals surface area contributed by atoms with E-state index in [-0.39, 0.29) is 12.0 Å². The van der Waals surface area contributed by atoms with Crippen molar-refractivity contribution in [1.82, 2.24) is 0 Å². The Bertz CT molecular complexity index is 1340. The minimum absolute atomic E-state index is 0.135. The van der Waals surface area contributed by atoms with Gasteiger partial charge in [-0.3, -0.25) is 4.79 Å². The van der Waals surface area contributed by atoms with E-state index in [1.54, 1.807) is 31.4 Å². The third kappa shape index (κ3) is 10.7. The van der Waals surface area contributed by atoms with Gasteiger partial charge in [0.15, 0.2) is 6.10 Å². The highest BCUT2D eigenvalue weighted by atomic mass is 19.4. The molecule has 1 aliphatic carbocycles. The Labute approximate surface area is 273 Å². The lowest BCUT2D eigenvalue weighted by molar-refractivity contribution is -0.206. The van der Waals surface area contributed by atoms with Gasteiger partial charge in [0.25, 0.3) is 0 Å². The highest BCUT2D eigenvalue weighted by Crippen LogP contribution is 2.41. The minimum Gasteiger partial charge on any atom is -0.494 e. The first kappa shape index (κ1) is 37.8. The van der Waals surface area contributed by atoms with Crippen LogP contribution in [0.15, 0.2) is 66.8 Å².